The summed E-state index contributed by atoms with van der Waals surface area (Å²) < 4.78 is 9.83. The summed E-state index contributed by atoms with van der Waals surface area (Å²) in [5, 5.41) is 0. The molecule has 0 bridgehead atoms. The number of benzene rings is 1. The molecule has 0 aromatic heterocycles. The molecule has 1 fully saturated rings. The Hall–Kier alpha value is -1.75. The van der Waals surface area contributed by atoms with Gasteiger partial charge in [-0.05, 0) is 24.3 Å². The number of esters is 1. The van der Waals surface area contributed by atoms with Gasteiger partial charge in [0.2, 0.25) is 0 Å². The molecule has 2 rings (SSSR count). The van der Waals surface area contributed by atoms with Gasteiger partial charge >= 0.3 is 5.97 Å². The van der Waals surface area contributed by atoms with Crippen LogP contribution < -0.4 is 9.64 Å². The van der Waals surface area contributed by atoms with E-state index in [2.05, 4.69) is 26.7 Å². The number of hydrogen-bond acceptors (Lipinski definition) is 5. The molecule has 0 unspecified atom stereocenters. The molecular weight excluding hydrogens is 244 g/mol. The van der Waals surface area contributed by atoms with Crippen LogP contribution in [0.3, 0.4) is 0 Å². The maximum atomic E-state index is 11.2. The van der Waals surface area contributed by atoms with Gasteiger partial charge in [0.1, 0.15) is 5.75 Å². The predicted molar refractivity (Wildman–Crippen MR) is 73.7 cm³/mol. The van der Waals surface area contributed by atoms with Gasteiger partial charge in [0.05, 0.1) is 20.8 Å². The third kappa shape index (κ3) is 3.61. The third-order valence-electron chi connectivity index (χ3n) is 3.39. The van der Waals surface area contributed by atoms with Crippen molar-refractivity contribution in [2.24, 2.45) is 0 Å². The van der Waals surface area contributed by atoms with E-state index in [1.54, 1.807) is 7.11 Å². The van der Waals surface area contributed by atoms with Crippen LogP contribution >= 0.6 is 0 Å². The Morgan fingerprint density at radius 3 is 2.26 bits per heavy atom. The second-order valence-corrected chi connectivity index (χ2v) is 4.54. The van der Waals surface area contributed by atoms with Gasteiger partial charge in [-0.3, -0.25) is 9.69 Å². The van der Waals surface area contributed by atoms with E-state index < -0.39 is 0 Å². The van der Waals surface area contributed by atoms with Gasteiger partial charge in [-0.25, -0.2) is 0 Å². The van der Waals surface area contributed by atoms with E-state index >= 15 is 0 Å². The van der Waals surface area contributed by atoms with Crippen LogP contribution in [0.4, 0.5) is 5.69 Å². The number of methoxy groups -OCH3 is 2. The van der Waals surface area contributed by atoms with Gasteiger partial charge in [-0.15, -0.1) is 0 Å². The molecule has 5 nitrogen and oxygen atoms in total. The number of anilines is 1. The monoisotopic (exact) mass is 264 g/mol. The molecule has 1 aromatic carbocycles. The summed E-state index contributed by atoms with van der Waals surface area (Å²) in [5.74, 6) is 0.700. The molecule has 1 aliphatic rings. The predicted octanol–water partition coefficient (Wildman–Crippen LogP) is 0.990. The Balaban J connectivity index is 1.86. The van der Waals surface area contributed by atoms with Crippen molar-refractivity contribution in [1.29, 1.82) is 0 Å². The second kappa shape index (κ2) is 6.43. The first kappa shape index (κ1) is 13.7. The van der Waals surface area contributed by atoms with Crippen molar-refractivity contribution in [3.8, 4) is 5.75 Å². The Labute approximate surface area is 113 Å². The van der Waals surface area contributed by atoms with Crippen LogP contribution in [-0.2, 0) is 9.53 Å². The average molecular weight is 264 g/mol. The number of rotatable bonds is 4. The summed E-state index contributed by atoms with van der Waals surface area (Å²) in [7, 11) is 3.09. The van der Waals surface area contributed by atoms with Crippen molar-refractivity contribution in [2.75, 3.05) is 51.8 Å². The van der Waals surface area contributed by atoms with Crippen LogP contribution in [0.25, 0.3) is 0 Å². The molecule has 0 saturated carbocycles. The van der Waals surface area contributed by atoms with Gasteiger partial charge in [0.25, 0.3) is 0 Å². The van der Waals surface area contributed by atoms with Gasteiger partial charge in [0.15, 0.2) is 0 Å². The highest BCUT2D eigenvalue weighted by atomic mass is 16.5. The highest BCUT2D eigenvalue weighted by molar-refractivity contribution is 5.71. The topological polar surface area (TPSA) is 42.0 Å². The number of piperazine rings is 1. The molecule has 0 radical (unpaired) electrons. The smallest absolute Gasteiger partial charge is 0.319 e. The summed E-state index contributed by atoms with van der Waals surface area (Å²) >= 11 is 0. The molecule has 1 heterocycles. The molecule has 1 aromatic rings. The normalized spacial score (nSPS) is 16.2. The van der Waals surface area contributed by atoms with Crippen LogP contribution in [0, 0.1) is 0 Å². The zero-order valence-electron chi connectivity index (χ0n) is 11.5. The summed E-state index contributed by atoms with van der Waals surface area (Å²) in [6.07, 6.45) is 0. The maximum absolute atomic E-state index is 11.2. The van der Waals surface area contributed by atoms with Crippen LogP contribution in [-0.4, -0.2) is 57.8 Å². The number of nitrogens with zero attached hydrogens (tertiary/aromatic N) is 2. The molecule has 1 saturated heterocycles. The van der Waals surface area contributed by atoms with Crippen LogP contribution in [0.1, 0.15) is 0 Å². The number of carbonyl (C=O) groups excluding carboxylic acids is 1. The molecule has 0 N–H and O–H groups in total. The molecule has 0 amide bonds. The van der Waals surface area contributed by atoms with E-state index in [9.17, 15) is 4.79 Å². The van der Waals surface area contributed by atoms with Crippen molar-refractivity contribution in [3.63, 3.8) is 0 Å². The zero-order valence-corrected chi connectivity index (χ0v) is 11.5. The number of ether oxygens (including phenoxy) is 2. The minimum atomic E-state index is -0.169. The Morgan fingerprint density at radius 2 is 1.74 bits per heavy atom. The standard InChI is InChI=1S/C14H20N2O3/c1-18-13-5-3-12(4-6-13)16-9-7-15(8-10-16)11-14(17)19-2/h3-6H,7-11H2,1-2H3. The van der Waals surface area contributed by atoms with E-state index in [4.69, 9.17) is 4.74 Å². The van der Waals surface area contributed by atoms with Crippen molar-refractivity contribution in [3.05, 3.63) is 24.3 Å². The van der Waals surface area contributed by atoms with Crippen LogP contribution in [0.5, 0.6) is 5.75 Å². The molecule has 1 aliphatic heterocycles. The summed E-state index contributed by atoms with van der Waals surface area (Å²) in [4.78, 5) is 15.6. The second-order valence-electron chi connectivity index (χ2n) is 4.54. The fourth-order valence-corrected chi connectivity index (χ4v) is 2.20. The van der Waals surface area contributed by atoms with Crippen molar-refractivity contribution in [2.45, 2.75) is 0 Å². The average Bonchev–Trinajstić information content (AvgIpc) is 2.48. The van der Waals surface area contributed by atoms with Gasteiger partial charge < -0.3 is 14.4 Å². The Bertz CT molecular complexity index is 411. The molecule has 0 spiro atoms. The number of carbonyl (C=O) groups is 1. The fraction of sp³-hybridized carbons (Fsp3) is 0.500. The third-order valence-corrected chi connectivity index (χ3v) is 3.39. The molecular formula is C14H20N2O3. The van der Waals surface area contributed by atoms with Crippen LogP contribution in [0.2, 0.25) is 0 Å². The Kier molecular flexibility index (Phi) is 4.63. The first-order chi connectivity index (χ1) is 9.22. The van der Waals surface area contributed by atoms with Crippen molar-refractivity contribution in [1.82, 2.24) is 4.90 Å². The lowest BCUT2D eigenvalue weighted by Crippen LogP contribution is -2.48. The quantitative estimate of drug-likeness (QED) is 0.759. The minimum absolute atomic E-state index is 0.169. The molecule has 0 aliphatic carbocycles. The van der Waals surface area contributed by atoms with Crippen molar-refractivity contribution >= 4 is 11.7 Å². The molecule has 5 heteroatoms. The van der Waals surface area contributed by atoms with Gasteiger partial charge in [-0.1, -0.05) is 0 Å². The first-order valence-corrected chi connectivity index (χ1v) is 6.41. The highest BCUT2D eigenvalue weighted by Gasteiger charge is 2.19. The summed E-state index contributed by atoms with van der Waals surface area (Å²) in [6, 6.07) is 8.07. The lowest BCUT2D eigenvalue weighted by atomic mass is 10.2. The van der Waals surface area contributed by atoms with Gasteiger partial charge in [-0.2, -0.15) is 0 Å². The van der Waals surface area contributed by atoms with E-state index in [0.717, 1.165) is 31.9 Å². The SMILES string of the molecule is COC(=O)CN1CCN(c2ccc(OC)cc2)CC1. The molecule has 0 atom stereocenters. The van der Waals surface area contributed by atoms with E-state index in [-0.39, 0.29) is 5.97 Å². The lowest BCUT2D eigenvalue weighted by molar-refractivity contribution is -0.142. The lowest BCUT2D eigenvalue weighted by Gasteiger charge is -2.35. The summed E-state index contributed by atoms with van der Waals surface area (Å²) in [6.45, 7) is 3.97. The van der Waals surface area contributed by atoms with Crippen LogP contribution in [0.15, 0.2) is 24.3 Å². The van der Waals surface area contributed by atoms with E-state index in [1.165, 1.54) is 12.8 Å². The maximum Gasteiger partial charge on any atom is 0.319 e. The minimum Gasteiger partial charge on any atom is -0.497 e. The zero-order chi connectivity index (χ0) is 13.7. The highest BCUT2D eigenvalue weighted by Crippen LogP contribution is 2.20. The number of hydrogen-bond donors (Lipinski definition) is 0. The van der Waals surface area contributed by atoms with Gasteiger partial charge in [0, 0.05) is 31.9 Å². The Morgan fingerprint density at radius 1 is 1.11 bits per heavy atom. The van der Waals surface area contributed by atoms with E-state index in [1.807, 2.05) is 12.1 Å². The van der Waals surface area contributed by atoms with E-state index in [0.29, 0.717) is 6.54 Å². The molecule has 19 heavy (non-hydrogen) atoms. The largest absolute Gasteiger partial charge is 0.497 e. The van der Waals surface area contributed by atoms with Crippen molar-refractivity contribution < 1.29 is 14.3 Å². The summed E-state index contributed by atoms with van der Waals surface area (Å²) in [5.41, 5.74) is 1.19. The first-order valence-electron chi connectivity index (χ1n) is 6.41. The fourth-order valence-electron chi connectivity index (χ4n) is 2.20. The molecule has 104 valence electrons.